The van der Waals surface area contributed by atoms with Crippen molar-refractivity contribution in [3.8, 4) is 18.1 Å². The molecule has 1 aromatic rings. The molecule has 1 aromatic carbocycles. The summed E-state index contributed by atoms with van der Waals surface area (Å²) in [5, 5.41) is -0.392. The molecule has 9 heteroatoms. The van der Waals surface area contributed by atoms with E-state index in [0.717, 1.165) is 17.0 Å². The highest BCUT2D eigenvalue weighted by Crippen LogP contribution is 2.48. The number of hydrogen-bond acceptors (Lipinski definition) is 3. The average molecular weight is 403 g/mol. The molecule has 1 saturated carbocycles. The summed E-state index contributed by atoms with van der Waals surface area (Å²) in [5.74, 6) is -0.281. The van der Waals surface area contributed by atoms with E-state index in [9.17, 15) is 22.8 Å². The number of hydrogen-bond donors (Lipinski definition) is 1. The van der Waals surface area contributed by atoms with Gasteiger partial charge in [0, 0.05) is 5.69 Å². The lowest BCUT2D eigenvalue weighted by Gasteiger charge is -2.38. The third-order valence-corrected chi connectivity index (χ3v) is 4.89. The van der Waals surface area contributed by atoms with E-state index in [-0.39, 0.29) is 23.9 Å². The van der Waals surface area contributed by atoms with Crippen molar-refractivity contribution < 1.29 is 27.5 Å². The second kappa shape index (κ2) is 6.97. The maximum atomic E-state index is 12.5. The van der Waals surface area contributed by atoms with Crippen molar-refractivity contribution in [2.45, 2.75) is 45.0 Å². The highest BCUT2D eigenvalue weighted by Gasteiger charge is 2.53. The van der Waals surface area contributed by atoms with Crippen LogP contribution in [-0.4, -0.2) is 23.7 Å². The van der Waals surface area contributed by atoms with Crippen molar-refractivity contribution in [1.29, 1.82) is 0 Å². The molecule has 1 aliphatic rings. The maximum absolute atomic E-state index is 12.5. The molecule has 1 aliphatic carbocycles. The average Bonchev–Trinajstić information content (AvgIpc) is 2.85. The van der Waals surface area contributed by atoms with Gasteiger partial charge < -0.3 is 10.5 Å². The van der Waals surface area contributed by atoms with Gasteiger partial charge in [-0.2, -0.15) is 0 Å². The second-order valence-corrected chi connectivity index (χ2v) is 7.59. The largest absolute Gasteiger partial charge is 0.573 e. The van der Waals surface area contributed by atoms with Gasteiger partial charge in [0.2, 0.25) is 5.91 Å². The predicted molar refractivity (Wildman–Crippen MR) is 94.0 cm³/mol. The number of primary amides is 1. The summed E-state index contributed by atoms with van der Waals surface area (Å²) in [6.45, 7) is 3.84. The predicted octanol–water partition coefficient (Wildman–Crippen LogP) is 3.64. The van der Waals surface area contributed by atoms with Crippen molar-refractivity contribution in [3.63, 3.8) is 0 Å². The lowest BCUT2D eigenvalue weighted by Crippen LogP contribution is -2.59. The first-order valence-electron chi connectivity index (χ1n) is 7.97. The van der Waals surface area contributed by atoms with Crippen LogP contribution >= 0.6 is 11.6 Å². The number of amides is 2. The zero-order valence-electron chi connectivity index (χ0n) is 14.7. The van der Waals surface area contributed by atoms with E-state index in [1.165, 1.54) is 6.07 Å². The lowest BCUT2D eigenvalue weighted by molar-refractivity contribution is -0.274. The van der Waals surface area contributed by atoms with Crippen molar-refractivity contribution in [3.05, 3.63) is 23.2 Å². The summed E-state index contributed by atoms with van der Waals surface area (Å²) in [4.78, 5) is 25.9. The summed E-state index contributed by atoms with van der Waals surface area (Å²) in [6.07, 6.45) is 1.45. The van der Waals surface area contributed by atoms with Gasteiger partial charge >= 0.3 is 12.3 Å². The van der Waals surface area contributed by atoms with Crippen molar-refractivity contribution in [2.75, 3.05) is 4.90 Å². The van der Waals surface area contributed by atoms with Crippen LogP contribution in [-0.2, 0) is 9.59 Å². The van der Waals surface area contributed by atoms with E-state index in [1.54, 1.807) is 0 Å². The quantitative estimate of drug-likeness (QED) is 0.781. The van der Waals surface area contributed by atoms with Crippen LogP contribution in [0.25, 0.3) is 0 Å². The number of carbonyl (C=O) groups excluding carboxylic acids is 2. The minimum atomic E-state index is -4.93. The molecule has 0 spiro atoms. The van der Waals surface area contributed by atoms with Crippen LogP contribution < -0.4 is 15.4 Å². The Labute approximate surface area is 159 Å². The van der Waals surface area contributed by atoms with Gasteiger partial charge in [0.1, 0.15) is 11.3 Å². The van der Waals surface area contributed by atoms with E-state index >= 15 is 0 Å². The zero-order valence-corrected chi connectivity index (χ0v) is 15.4. The van der Waals surface area contributed by atoms with E-state index in [2.05, 4.69) is 4.74 Å². The molecule has 1 unspecified atom stereocenters. The summed E-state index contributed by atoms with van der Waals surface area (Å²) >= 11 is 5.88. The monoisotopic (exact) mass is 402 g/mol. The van der Waals surface area contributed by atoms with Gasteiger partial charge in [-0.3, -0.25) is 14.5 Å². The van der Waals surface area contributed by atoms with Crippen LogP contribution in [0.15, 0.2) is 18.2 Å². The second-order valence-electron chi connectivity index (χ2n) is 7.18. The Kier molecular flexibility index (Phi) is 5.39. The van der Waals surface area contributed by atoms with E-state index in [1.807, 2.05) is 19.8 Å². The summed E-state index contributed by atoms with van der Waals surface area (Å²) in [7, 11) is 0. The maximum Gasteiger partial charge on any atom is 0.573 e. The molecule has 146 valence electrons. The molecule has 0 bridgehead atoms. The molecular formula is C18H18ClF3N2O3. The van der Waals surface area contributed by atoms with E-state index in [0.29, 0.717) is 6.42 Å². The Morgan fingerprint density at radius 3 is 2.37 bits per heavy atom. The van der Waals surface area contributed by atoms with Crippen LogP contribution in [0.1, 0.15) is 33.1 Å². The highest BCUT2D eigenvalue weighted by atomic mass is 35.5. The fraction of sp³-hybridized carbons (Fsp3) is 0.444. The molecule has 0 radical (unpaired) electrons. The Morgan fingerprint density at radius 2 is 1.96 bits per heavy atom. The highest BCUT2D eigenvalue weighted by molar-refractivity contribution is 6.32. The number of benzene rings is 1. The van der Waals surface area contributed by atoms with Gasteiger partial charge in [0.15, 0.2) is 0 Å². The number of nitrogens with two attached hydrogens (primary N) is 1. The fourth-order valence-corrected chi connectivity index (χ4v) is 3.70. The summed E-state index contributed by atoms with van der Waals surface area (Å²) in [5.41, 5.74) is 4.01. The lowest BCUT2D eigenvalue weighted by atomic mass is 9.85. The van der Waals surface area contributed by atoms with Gasteiger partial charge in [0.25, 0.3) is 0 Å². The standard InChI is InChI=1S/C18H18ClF3N2O3/c1-4-14(25)24(17(15(23)26)8-7-16(2,3)10-17)11-5-6-13(12(19)9-11)27-18(20,21)22/h1,5-6,9H,7-8,10H2,2-3H3,(H2,23,26). The summed E-state index contributed by atoms with van der Waals surface area (Å²) < 4.78 is 41.1. The molecule has 0 aromatic heterocycles. The van der Waals surface area contributed by atoms with Crippen LogP contribution in [0.2, 0.25) is 5.02 Å². The number of nitrogens with zero attached hydrogens (tertiary/aromatic N) is 1. The van der Waals surface area contributed by atoms with Crippen molar-refractivity contribution >= 4 is 29.1 Å². The normalized spacial score (nSPS) is 21.4. The van der Waals surface area contributed by atoms with E-state index in [4.69, 9.17) is 23.8 Å². The van der Waals surface area contributed by atoms with Gasteiger partial charge in [-0.25, -0.2) is 0 Å². The minimum absolute atomic E-state index is 0.0639. The first kappa shape index (κ1) is 20.9. The fourth-order valence-electron chi connectivity index (χ4n) is 3.48. The number of halogens is 4. The number of alkyl halides is 3. The molecule has 0 saturated heterocycles. The molecule has 1 atom stereocenters. The first-order valence-corrected chi connectivity index (χ1v) is 8.35. The number of rotatable bonds is 4. The first-order chi connectivity index (χ1) is 12.3. The zero-order chi connectivity index (χ0) is 20.6. The molecule has 0 heterocycles. The van der Waals surface area contributed by atoms with Crippen molar-refractivity contribution in [2.24, 2.45) is 11.1 Å². The molecule has 5 nitrogen and oxygen atoms in total. The Balaban J connectivity index is 2.55. The smallest absolute Gasteiger partial charge is 0.404 e. The van der Waals surface area contributed by atoms with Gasteiger partial charge in [-0.1, -0.05) is 25.4 Å². The number of terminal acetylenes is 1. The molecule has 2 rings (SSSR count). The molecule has 1 fully saturated rings. The number of anilines is 1. The van der Waals surface area contributed by atoms with E-state index < -0.39 is 34.5 Å². The molecule has 0 aliphatic heterocycles. The third kappa shape index (κ3) is 4.30. The Bertz CT molecular complexity index is 817. The minimum Gasteiger partial charge on any atom is -0.404 e. The van der Waals surface area contributed by atoms with Crippen LogP contribution in [0, 0.1) is 17.8 Å². The van der Waals surface area contributed by atoms with Gasteiger partial charge in [-0.15, -0.1) is 19.6 Å². The summed E-state index contributed by atoms with van der Waals surface area (Å²) in [6, 6.07) is 3.23. The van der Waals surface area contributed by atoms with Crippen molar-refractivity contribution in [1.82, 2.24) is 0 Å². The molecule has 27 heavy (non-hydrogen) atoms. The molecular weight excluding hydrogens is 385 g/mol. The Hall–Kier alpha value is -2.40. The van der Waals surface area contributed by atoms with Gasteiger partial charge in [-0.05, 0) is 48.8 Å². The molecule has 2 amide bonds. The van der Waals surface area contributed by atoms with Crippen LogP contribution in [0.4, 0.5) is 18.9 Å². The number of ether oxygens (including phenoxy) is 1. The number of carbonyl (C=O) groups is 2. The van der Waals surface area contributed by atoms with Gasteiger partial charge in [0.05, 0.1) is 5.02 Å². The van der Waals surface area contributed by atoms with Crippen LogP contribution in [0.5, 0.6) is 5.75 Å². The SMILES string of the molecule is C#CC(=O)N(c1ccc(OC(F)(F)F)c(Cl)c1)C1(C(N)=O)CCC(C)(C)C1. The Morgan fingerprint density at radius 1 is 1.33 bits per heavy atom. The topological polar surface area (TPSA) is 72.6 Å². The van der Waals surface area contributed by atoms with Crippen LogP contribution in [0.3, 0.4) is 0 Å². The molecule has 2 N–H and O–H groups in total. The third-order valence-electron chi connectivity index (χ3n) is 4.60.